The monoisotopic (exact) mass is 461 g/mol. The summed E-state index contributed by atoms with van der Waals surface area (Å²) in [6.45, 7) is 2.03. The molecule has 0 radical (unpaired) electrons. The quantitative estimate of drug-likeness (QED) is 0.353. The molecule has 4 aromatic rings. The van der Waals surface area contributed by atoms with Gasteiger partial charge in [0.05, 0.1) is 11.7 Å². The average Bonchev–Trinajstić information content (AvgIpc) is 3.41. The van der Waals surface area contributed by atoms with Crippen LogP contribution < -0.4 is 10.2 Å². The van der Waals surface area contributed by atoms with Gasteiger partial charge in [-0.15, -0.1) is 0 Å². The second-order valence-corrected chi connectivity index (χ2v) is 8.50. The van der Waals surface area contributed by atoms with Crippen LogP contribution in [0.25, 0.3) is 11.3 Å². The number of nitrogens with one attached hydrogen (secondary N) is 1. The molecule has 0 amide bonds. The second kappa shape index (κ2) is 8.30. The van der Waals surface area contributed by atoms with Crippen LogP contribution in [0.2, 0.25) is 5.02 Å². The van der Waals surface area contributed by atoms with Crippen LogP contribution in [0.3, 0.4) is 0 Å². The molecule has 1 saturated heterocycles. The highest BCUT2D eigenvalue weighted by atomic mass is 35.5. The van der Waals surface area contributed by atoms with Crippen molar-refractivity contribution in [3.05, 3.63) is 101 Å². The number of furan rings is 1. The summed E-state index contributed by atoms with van der Waals surface area (Å²) in [6, 6.07) is 22.0. The summed E-state index contributed by atoms with van der Waals surface area (Å²) in [5, 5.41) is 14.4. The first kappa shape index (κ1) is 20.5. The maximum atomic E-state index is 9.75. The highest BCUT2D eigenvalue weighted by Crippen LogP contribution is 2.43. The molecule has 0 bridgehead atoms. The standard InChI is InChI=1S/C25H20ClN3O2S/c1-15-5-6-16(26)14-19(15)21-11-12-22(31-21)24-23(20-4-2-3-13-27-20)28-25(32)29(24)17-7-9-18(30)10-8-17/h2-14,23-24,30H,1H3,(H,28,32)/t23-,24-/m1/s1. The minimum Gasteiger partial charge on any atom is -0.508 e. The SMILES string of the molecule is Cc1ccc(Cl)cc1-c1ccc([C@@H]2[C@@H](c3ccccn3)NC(=S)N2c2ccc(O)cc2)o1. The van der Waals surface area contributed by atoms with Crippen LogP contribution in [0, 0.1) is 6.92 Å². The first-order chi connectivity index (χ1) is 15.5. The van der Waals surface area contributed by atoms with E-state index in [9.17, 15) is 5.11 Å². The van der Waals surface area contributed by atoms with Crippen LogP contribution in [0.1, 0.15) is 29.1 Å². The van der Waals surface area contributed by atoms with Gasteiger partial charge in [-0.2, -0.15) is 0 Å². The highest BCUT2D eigenvalue weighted by Gasteiger charge is 2.42. The van der Waals surface area contributed by atoms with Crippen LogP contribution in [-0.2, 0) is 0 Å². The third-order valence-electron chi connectivity index (χ3n) is 5.61. The van der Waals surface area contributed by atoms with Crippen molar-refractivity contribution in [2.75, 3.05) is 4.90 Å². The van der Waals surface area contributed by atoms with Gasteiger partial charge >= 0.3 is 0 Å². The normalized spacial score (nSPS) is 18.1. The van der Waals surface area contributed by atoms with Crippen LogP contribution in [0.4, 0.5) is 5.69 Å². The Hall–Kier alpha value is -3.35. The van der Waals surface area contributed by atoms with Gasteiger partial charge in [0.2, 0.25) is 0 Å². The molecule has 3 heterocycles. The van der Waals surface area contributed by atoms with Gasteiger partial charge in [0.15, 0.2) is 5.11 Å². The number of nitrogens with zero attached hydrogens (tertiary/aromatic N) is 2. The van der Waals surface area contributed by atoms with Crippen LogP contribution >= 0.6 is 23.8 Å². The van der Waals surface area contributed by atoms with Gasteiger partial charge in [-0.3, -0.25) is 4.98 Å². The van der Waals surface area contributed by atoms with E-state index < -0.39 is 0 Å². The number of rotatable bonds is 4. The molecule has 0 unspecified atom stereocenters. The van der Waals surface area contributed by atoms with Crippen molar-refractivity contribution in [1.82, 2.24) is 10.3 Å². The van der Waals surface area contributed by atoms with E-state index >= 15 is 0 Å². The van der Waals surface area contributed by atoms with Gasteiger partial charge in [0.1, 0.15) is 23.3 Å². The summed E-state index contributed by atoms with van der Waals surface area (Å²) >= 11 is 11.9. The largest absolute Gasteiger partial charge is 0.508 e. The molecule has 0 spiro atoms. The average molecular weight is 462 g/mol. The third-order valence-corrected chi connectivity index (χ3v) is 6.16. The zero-order chi connectivity index (χ0) is 22.2. The van der Waals surface area contributed by atoms with Crippen LogP contribution in [0.5, 0.6) is 5.75 Å². The number of aromatic nitrogens is 1. The van der Waals surface area contributed by atoms with E-state index in [4.69, 9.17) is 28.2 Å². The number of halogens is 1. The zero-order valence-corrected chi connectivity index (χ0v) is 18.8. The van der Waals surface area contributed by atoms with E-state index in [1.165, 1.54) is 0 Å². The maximum absolute atomic E-state index is 9.75. The maximum Gasteiger partial charge on any atom is 0.174 e. The minimum atomic E-state index is -0.268. The van der Waals surface area contributed by atoms with Gasteiger partial charge < -0.3 is 19.7 Å². The molecule has 1 aliphatic heterocycles. The van der Waals surface area contributed by atoms with Crippen molar-refractivity contribution in [3.63, 3.8) is 0 Å². The van der Waals surface area contributed by atoms with E-state index in [2.05, 4.69) is 10.3 Å². The molecule has 2 aromatic heterocycles. The lowest BCUT2D eigenvalue weighted by Crippen LogP contribution is -2.29. The van der Waals surface area contributed by atoms with E-state index in [-0.39, 0.29) is 17.8 Å². The Morgan fingerprint density at radius 3 is 2.62 bits per heavy atom. The molecule has 1 aliphatic rings. The van der Waals surface area contributed by atoms with Crippen molar-refractivity contribution in [2.45, 2.75) is 19.0 Å². The van der Waals surface area contributed by atoms with Gasteiger partial charge in [0, 0.05) is 22.5 Å². The Bertz CT molecular complexity index is 1270. The van der Waals surface area contributed by atoms with Crippen molar-refractivity contribution in [1.29, 1.82) is 0 Å². The molecule has 2 N–H and O–H groups in total. The zero-order valence-electron chi connectivity index (χ0n) is 17.2. The number of aromatic hydroxyl groups is 1. The predicted octanol–water partition coefficient (Wildman–Crippen LogP) is 6.19. The number of phenolic OH excluding ortho intramolecular Hbond substituents is 1. The molecule has 0 saturated carbocycles. The highest BCUT2D eigenvalue weighted by molar-refractivity contribution is 7.80. The number of anilines is 1. The molecular formula is C25H20ClN3O2S. The Kier molecular flexibility index (Phi) is 5.33. The topological polar surface area (TPSA) is 61.5 Å². The van der Waals surface area contributed by atoms with Gasteiger partial charge in [-0.05, 0) is 85.4 Å². The third kappa shape index (κ3) is 3.72. The lowest BCUT2D eigenvalue weighted by molar-refractivity contribution is 0.439. The molecule has 0 aliphatic carbocycles. The van der Waals surface area contributed by atoms with E-state index in [1.807, 2.05) is 72.5 Å². The molecule has 2 aromatic carbocycles. The summed E-state index contributed by atoms with van der Waals surface area (Å²) in [4.78, 5) is 6.56. The fourth-order valence-electron chi connectivity index (χ4n) is 4.05. The van der Waals surface area contributed by atoms with E-state index in [1.54, 1.807) is 18.3 Å². The Balaban J connectivity index is 1.61. The molecule has 2 atom stereocenters. The predicted molar refractivity (Wildman–Crippen MR) is 130 cm³/mol. The molecule has 5 nitrogen and oxygen atoms in total. The lowest BCUT2D eigenvalue weighted by atomic mass is 10.0. The Labute approximate surface area is 196 Å². The van der Waals surface area contributed by atoms with Gasteiger partial charge in [-0.1, -0.05) is 23.7 Å². The molecule has 160 valence electrons. The minimum absolute atomic E-state index is 0.196. The van der Waals surface area contributed by atoms with Gasteiger partial charge in [-0.25, -0.2) is 0 Å². The van der Waals surface area contributed by atoms with E-state index in [0.29, 0.717) is 10.1 Å². The number of thiocarbonyl (C=S) groups is 1. The molecule has 5 rings (SSSR count). The Morgan fingerprint density at radius 2 is 1.88 bits per heavy atom. The summed E-state index contributed by atoms with van der Waals surface area (Å²) in [7, 11) is 0. The molecule has 7 heteroatoms. The lowest BCUT2D eigenvalue weighted by Gasteiger charge is -2.26. The summed E-state index contributed by atoms with van der Waals surface area (Å²) in [6.07, 6.45) is 1.77. The van der Waals surface area contributed by atoms with Crippen molar-refractivity contribution < 1.29 is 9.52 Å². The number of pyridine rings is 1. The van der Waals surface area contributed by atoms with Crippen molar-refractivity contribution >= 4 is 34.6 Å². The first-order valence-corrected chi connectivity index (χ1v) is 11.0. The van der Waals surface area contributed by atoms with E-state index in [0.717, 1.165) is 34.0 Å². The summed E-state index contributed by atoms with van der Waals surface area (Å²) in [5.41, 5.74) is 3.73. The number of benzene rings is 2. The molecular weight excluding hydrogens is 442 g/mol. The smallest absolute Gasteiger partial charge is 0.174 e. The van der Waals surface area contributed by atoms with Gasteiger partial charge in [0.25, 0.3) is 0 Å². The number of hydrogen-bond donors (Lipinski definition) is 2. The number of aryl methyl sites for hydroxylation is 1. The number of hydrogen-bond acceptors (Lipinski definition) is 4. The van der Waals surface area contributed by atoms with Crippen LogP contribution in [-0.4, -0.2) is 15.2 Å². The fourth-order valence-corrected chi connectivity index (χ4v) is 4.57. The summed E-state index contributed by atoms with van der Waals surface area (Å²) < 4.78 is 6.39. The first-order valence-electron chi connectivity index (χ1n) is 10.2. The molecule has 32 heavy (non-hydrogen) atoms. The van der Waals surface area contributed by atoms with Crippen molar-refractivity contribution in [2.24, 2.45) is 0 Å². The molecule has 1 fully saturated rings. The van der Waals surface area contributed by atoms with Crippen LogP contribution in [0.15, 0.2) is 83.4 Å². The number of phenols is 1. The summed E-state index contributed by atoms with van der Waals surface area (Å²) in [5.74, 6) is 1.68. The van der Waals surface area contributed by atoms with Crippen molar-refractivity contribution in [3.8, 4) is 17.1 Å². The fraction of sp³-hybridized carbons (Fsp3) is 0.120. The Morgan fingerprint density at radius 1 is 1.06 bits per heavy atom. The second-order valence-electron chi connectivity index (χ2n) is 7.67.